The molecular weight excluding hydrogens is 412 g/mol. The van der Waals surface area contributed by atoms with Gasteiger partial charge in [0.05, 0.1) is 21.7 Å². The summed E-state index contributed by atoms with van der Waals surface area (Å²) in [5.74, 6) is -0.308. The molecule has 0 saturated carbocycles. The number of pyridine rings is 2. The standard InChI is InChI=1S/C23H20N4O3S/c1-27(2)31(29,30)18-9-7-17(8-10-18)25-23(28)20-15-22(16-11-13-24-14-12-16)26-21-6-4-3-5-19(20)21/h3-15H,1-2H3,(H,25,28). The van der Waals surface area contributed by atoms with Crippen LogP contribution in [0, 0.1) is 0 Å². The van der Waals surface area contributed by atoms with E-state index >= 15 is 0 Å². The minimum Gasteiger partial charge on any atom is -0.322 e. The third-order valence-electron chi connectivity index (χ3n) is 4.83. The molecule has 0 atom stereocenters. The number of anilines is 1. The van der Waals surface area contributed by atoms with E-state index in [-0.39, 0.29) is 10.8 Å². The zero-order valence-electron chi connectivity index (χ0n) is 17.0. The lowest BCUT2D eigenvalue weighted by atomic mass is 10.0. The molecule has 8 heteroatoms. The quantitative estimate of drug-likeness (QED) is 0.518. The lowest BCUT2D eigenvalue weighted by molar-refractivity contribution is 0.102. The lowest BCUT2D eigenvalue weighted by Gasteiger charge is -2.13. The van der Waals surface area contributed by atoms with Crippen molar-refractivity contribution < 1.29 is 13.2 Å². The number of para-hydroxylation sites is 1. The van der Waals surface area contributed by atoms with Gasteiger partial charge in [0.2, 0.25) is 10.0 Å². The Hall–Kier alpha value is -3.62. The molecule has 0 aliphatic carbocycles. The van der Waals surface area contributed by atoms with Gasteiger partial charge < -0.3 is 5.32 Å². The zero-order chi connectivity index (χ0) is 22.0. The van der Waals surface area contributed by atoms with Gasteiger partial charge in [0, 0.05) is 43.1 Å². The molecule has 0 saturated heterocycles. The highest BCUT2D eigenvalue weighted by atomic mass is 32.2. The van der Waals surface area contributed by atoms with E-state index in [0.29, 0.717) is 22.5 Å². The number of rotatable bonds is 5. The van der Waals surface area contributed by atoms with Crippen LogP contribution in [0.15, 0.2) is 84.0 Å². The van der Waals surface area contributed by atoms with Crippen molar-refractivity contribution >= 4 is 32.5 Å². The van der Waals surface area contributed by atoms with E-state index in [1.807, 2.05) is 36.4 Å². The van der Waals surface area contributed by atoms with E-state index in [1.165, 1.54) is 26.2 Å². The maximum atomic E-state index is 13.1. The maximum absolute atomic E-state index is 13.1. The summed E-state index contributed by atoms with van der Waals surface area (Å²) in [7, 11) is -0.588. The summed E-state index contributed by atoms with van der Waals surface area (Å²) in [6.07, 6.45) is 3.35. The fourth-order valence-electron chi connectivity index (χ4n) is 3.15. The van der Waals surface area contributed by atoms with Gasteiger partial charge >= 0.3 is 0 Å². The molecule has 1 amide bonds. The second-order valence-electron chi connectivity index (χ2n) is 7.07. The predicted octanol–water partition coefficient (Wildman–Crippen LogP) is 3.80. The predicted molar refractivity (Wildman–Crippen MR) is 120 cm³/mol. The number of sulfonamides is 1. The van der Waals surface area contributed by atoms with Gasteiger partial charge in [-0.1, -0.05) is 18.2 Å². The van der Waals surface area contributed by atoms with E-state index in [9.17, 15) is 13.2 Å². The molecule has 0 fully saturated rings. The number of nitrogens with one attached hydrogen (secondary N) is 1. The average Bonchev–Trinajstić information content (AvgIpc) is 2.79. The highest BCUT2D eigenvalue weighted by Crippen LogP contribution is 2.25. The molecule has 156 valence electrons. The second kappa shape index (κ2) is 8.25. The van der Waals surface area contributed by atoms with Crippen molar-refractivity contribution in [2.24, 2.45) is 0 Å². The van der Waals surface area contributed by atoms with Gasteiger partial charge in [-0.3, -0.25) is 9.78 Å². The van der Waals surface area contributed by atoms with E-state index in [1.54, 1.807) is 30.6 Å². The van der Waals surface area contributed by atoms with Crippen LogP contribution in [-0.2, 0) is 10.0 Å². The summed E-state index contributed by atoms with van der Waals surface area (Å²) in [6.45, 7) is 0. The van der Waals surface area contributed by atoms with Crippen LogP contribution in [0.1, 0.15) is 10.4 Å². The van der Waals surface area contributed by atoms with Crippen molar-refractivity contribution in [1.29, 1.82) is 0 Å². The normalized spacial score (nSPS) is 11.6. The first-order valence-electron chi connectivity index (χ1n) is 9.50. The highest BCUT2D eigenvalue weighted by molar-refractivity contribution is 7.89. The molecule has 0 unspecified atom stereocenters. The number of nitrogens with zero attached hydrogens (tertiary/aromatic N) is 3. The van der Waals surface area contributed by atoms with Gasteiger partial charge in [0.25, 0.3) is 5.91 Å². The summed E-state index contributed by atoms with van der Waals surface area (Å²) in [4.78, 5) is 22.0. The number of carbonyl (C=O) groups excluding carboxylic acids is 1. The molecule has 2 aromatic carbocycles. The molecule has 2 heterocycles. The van der Waals surface area contributed by atoms with Gasteiger partial charge in [-0.2, -0.15) is 0 Å². The summed E-state index contributed by atoms with van der Waals surface area (Å²) < 4.78 is 25.6. The number of aromatic nitrogens is 2. The molecule has 4 rings (SSSR count). The number of fused-ring (bicyclic) bond motifs is 1. The van der Waals surface area contributed by atoms with Gasteiger partial charge in [-0.05, 0) is 48.5 Å². The third kappa shape index (κ3) is 4.16. The number of carbonyl (C=O) groups is 1. The van der Waals surface area contributed by atoms with Crippen LogP contribution in [0.3, 0.4) is 0 Å². The Morgan fingerprint density at radius 3 is 2.29 bits per heavy atom. The Labute approximate surface area is 180 Å². The van der Waals surface area contributed by atoms with E-state index in [2.05, 4.69) is 15.3 Å². The molecule has 0 aliphatic rings. The van der Waals surface area contributed by atoms with Gasteiger partial charge in [-0.25, -0.2) is 17.7 Å². The Kier molecular flexibility index (Phi) is 5.50. The lowest BCUT2D eigenvalue weighted by Crippen LogP contribution is -2.22. The monoisotopic (exact) mass is 432 g/mol. The number of amides is 1. The first-order valence-corrected chi connectivity index (χ1v) is 10.9. The molecule has 0 bridgehead atoms. The van der Waals surface area contributed by atoms with Crippen molar-refractivity contribution in [1.82, 2.24) is 14.3 Å². The van der Waals surface area contributed by atoms with Gasteiger partial charge in [0.1, 0.15) is 0 Å². The van der Waals surface area contributed by atoms with Gasteiger partial charge in [0.15, 0.2) is 0 Å². The first-order chi connectivity index (χ1) is 14.9. The summed E-state index contributed by atoms with van der Waals surface area (Å²) in [6, 6.07) is 18.9. The molecule has 4 aromatic rings. The van der Waals surface area contributed by atoms with Crippen LogP contribution in [-0.4, -0.2) is 42.7 Å². The maximum Gasteiger partial charge on any atom is 0.256 e. The van der Waals surface area contributed by atoms with Crippen molar-refractivity contribution in [3.63, 3.8) is 0 Å². The SMILES string of the molecule is CN(C)S(=O)(=O)c1ccc(NC(=O)c2cc(-c3ccncc3)nc3ccccc23)cc1. The summed E-state index contributed by atoms with van der Waals surface area (Å²) in [5, 5.41) is 3.58. The van der Waals surface area contributed by atoms with E-state index in [4.69, 9.17) is 0 Å². The molecule has 0 aliphatic heterocycles. The molecule has 7 nitrogen and oxygen atoms in total. The largest absolute Gasteiger partial charge is 0.322 e. The molecule has 2 aromatic heterocycles. The van der Waals surface area contributed by atoms with Crippen molar-refractivity contribution in [3.05, 3.63) is 84.7 Å². The van der Waals surface area contributed by atoms with Crippen molar-refractivity contribution in [3.8, 4) is 11.3 Å². The van der Waals surface area contributed by atoms with Crippen LogP contribution in [0.25, 0.3) is 22.2 Å². The van der Waals surface area contributed by atoms with Crippen molar-refractivity contribution in [2.75, 3.05) is 19.4 Å². The van der Waals surface area contributed by atoms with Crippen LogP contribution in [0.2, 0.25) is 0 Å². The molecular formula is C23H20N4O3S. The molecule has 31 heavy (non-hydrogen) atoms. The summed E-state index contributed by atoms with van der Waals surface area (Å²) in [5.41, 5.74) is 3.19. The van der Waals surface area contributed by atoms with Crippen LogP contribution >= 0.6 is 0 Å². The van der Waals surface area contributed by atoms with Crippen molar-refractivity contribution in [2.45, 2.75) is 4.90 Å². The van der Waals surface area contributed by atoms with Gasteiger partial charge in [-0.15, -0.1) is 0 Å². The number of benzene rings is 2. The smallest absolute Gasteiger partial charge is 0.256 e. The molecule has 1 N–H and O–H groups in total. The Morgan fingerprint density at radius 1 is 0.935 bits per heavy atom. The topological polar surface area (TPSA) is 92.3 Å². The fraction of sp³-hybridized carbons (Fsp3) is 0.0870. The Morgan fingerprint density at radius 2 is 1.61 bits per heavy atom. The third-order valence-corrected chi connectivity index (χ3v) is 6.66. The Balaban J connectivity index is 1.69. The zero-order valence-corrected chi connectivity index (χ0v) is 17.8. The minimum absolute atomic E-state index is 0.157. The summed E-state index contributed by atoms with van der Waals surface area (Å²) >= 11 is 0. The Bertz CT molecular complexity index is 1350. The molecule has 0 radical (unpaired) electrons. The highest BCUT2D eigenvalue weighted by Gasteiger charge is 2.18. The second-order valence-corrected chi connectivity index (χ2v) is 9.23. The number of hydrogen-bond acceptors (Lipinski definition) is 5. The van der Waals surface area contributed by atoms with E-state index < -0.39 is 10.0 Å². The van der Waals surface area contributed by atoms with E-state index in [0.717, 1.165) is 15.3 Å². The first kappa shape index (κ1) is 20.6. The van der Waals surface area contributed by atoms with Crippen LogP contribution in [0.5, 0.6) is 0 Å². The molecule has 0 spiro atoms. The average molecular weight is 433 g/mol. The number of hydrogen-bond donors (Lipinski definition) is 1. The minimum atomic E-state index is -3.53. The fourth-order valence-corrected chi connectivity index (χ4v) is 4.05. The van der Waals surface area contributed by atoms with Crippen LogP contribution in [0.4, 0.5) is 5.69 Å². The van der Waals surface area contributed by atoms with Crippen LogP contribution < -0.4 is 5.32 Å².